The molecule has 1 heterocycles. The first-order valence-electron chi connectivity index (χ1n) is 11.0. The van der Waals surface area contributed by atoms with E-state index in [2.05, 4.69) is 0 Å². The fourth-order valence-corrected chi connectivity index (χ4v) is 4.37. The second-order valence-electron chi connectivity index (χ2n) is 8.19. The van der Waals surface area contributed by atoms with Gasteiger partial charge in [-0.1, -0.05) is 36.4 Å². The quantitative estimate of drug-likeness (QED) is 0.492. The molecule has 3 aromatic rings. The Bertz CT molecular complexity index is 1120. The van der Waals surface area contributed by atoms with Crippen LogP contribution >= 0.6 is 0 Å². The van der Waals surface area contributed by atoms with Crippen molar-refractivity contribution in [1.29, 1.82) is 0 Å². The molecule has 0 unspecified atom stereocenters. The van der Waals surface area contributed by atoms with Gasteiger partial charge in [0.05, 0.1) is 12.0 Å². The van der Waals surface area contributed by atoms with E-state index in [1.807, 2.05) is 12.1 Å². The summed E-state index contributed by atoms with van der Waals surface area (Å²) >= 11 is 0. The minimum Gasteiger partial charge on any atom is -0.465 e. The molecule has 4 nitrogen and oxygen atoms in total. The summed E-state index contributed by atoms with van der Waals surface area (Å²) in [6, 6.07) is 19.3. The van der Waals surface area contributed by atoms with Gasteiger partial charge in [0, 0.05) is 18.7 Å². The highest BCUT2D eigenvalue weighted by atomic mass is 19.1. The number of rotatable bonds is 5. The van der Waals surface area contributed by atoms with E-state index in [-0.39, 0.29) is 30.1 Å². The lowest BCUT2D eigenvalue weighted by Gasteiger charge is -2.40. The maximum Gasteiger partial charge on any atom is 0.316 e. The molecule has 33 heavy (non-hydrogen) atoms. The van der Waals surface area contributed by atoms with Crippen LogP contribution in [0.2, 0.25) is 0 Å². The minimum absolute atomic E-state index is 0.114. The van der Waals surface area contributed by atoms with E-state index in [0.717, 1.165) is 11.1 Å². The zero-order valence-corrected chi connectivity index (χ0v) is 18.4. The molecule has 6 heteroatoms. The number of hydrogen-bond acceptors (Lipinski definition) is 3. The van der Waals surface area contributed by atoms with Crippen LogP contribution in [-0.2, 0) is 14.9 Å². The summed E-state index contributed by atoms with van der Waals surface area (Å²) in [6.07, 6.45) is 0.799. The normalized spacial score (nSPS) is 15.2. The highest BCUT2D eigenvalue weighted by Gasteiger charge is 2.45. The van der Waals surface area contributed by atoms with Crippen LogP contribution in [0, 0.1) is 11.6 Å². The van der Waals surface area contributed by atoms with Crippen LogP contribution in [0.5, 0.6) is 0 Å². The minimum atomic E-state index is -0.896. The Morgan fingerprint density at radius 2 is 1.30 bits per heavy atom. The molecular formula is C27H25F2NO3. The molecule has 4 rings (SSSR count). The van der Waals surface area contributed by atoms with Gasteiger partial charge < -0.3 is 9.64 Å². The molecule has 0 radical (unpaired) electrons. The first kappa shape index (κ1) is 22.6. The lowest BCUT2D eigenvalue weighted by Crippen LogP contribution is -2.49. The Morgan fingerprint density at radius 3 is 1.82 bits per heavy atom. The van der Waals surface area contributed by atoms with Crippen molar-refractivity contribution in [2.75, 3.05) is 19.7 Å². The summed E-state index contributed by atoms with van der Waals surface area (Å²) in [5.74, 6) is -1.12. The van der Waals surface area contributed by atoms with Crippen molar-refractivity contribution in [3.8, 4) is 11.1 Å². The molecular weight excluding hydrogens is 424 g/mol. The Kier molecular flexibility index (Phi) is 6.54. The number of ether oxygens (including phenoxy) is 1. The highest BCUT2D eigenvalue weighted by Crippen LogP contribution is 2.37. The first-order chi connectivity index (χ1) is 15.9. The molecule has 1 saturated heterocycles. The molecule has 1 aliphatic heterocycles. The Labute approximate surface area is 191 Å². The topological polar surface area (TPSA) is 46.6 Å². The van der Waals surface area contributed by atoms with E-state index in [4.69, 9.17) is 4.74 Å². The van der Waals surface area contributed by atoms with Gasteiger partial charge in [-0.05, 0) is 72.9 Å². The fraction of sp³-hybridized carbons (Fsp3) is 0.259. The monoisotopic (exact) mass is 449 g/mol. The average Bonchev–Trinajstić information content (AvgIpc) is 2.85. The highest BCUT2D eigenvalue weighted by molar-refractivity contribution is 5.95. The standard InChI is InChI=1S/C27H25F2NO3/c1-2-33-26(32)27(22-9-13-24(29)14-10-22)15-17-30(18-16-27)25(31)21-5-3-19(4-6-21)20-7-11-23(28)12-8-20/h3-14H,2,15-18H2,1H3. The largest absolute Gasteiger partial charge is 0.465 e. The third-order valence-corrected chi connectivity index (χ3v) is 6.28. The number of carbonyl (C=O) groups is 2. The summed E-state index contributed by atoms with van der Waals surface area (Å²) in [5, 5.41) is 0. The van der Waals surface area contributed by atoms with Gasteiger partial charge in [-0.3, -0.25) is 9.59 Å². The summed E-state index contributed by atoms with van der Waals surface area (Å²) in [5.41, 5.74) is 2.12. The maximum atomic E-state index is 13.5. The van der Waals surface area contributed by atoms with Crippen LogP contribution < -0.4 is 0 Å². The van der Waals surface area contributed by atoms with Gasteiger partial charge in [0.2, 0.25) is 0 Å². The van der Waals surface area contributed by atoms with Crippen LogP contribution in [0.1, 0.15) is 35.7 Å². The van der Waals surface area contributed by atoms with E-state index < -0.39 is 5.41 Å². The van der Waals surface area contributed by atoms with E-state index in [1.54, 1.807) is 48.2 Å². The number of benzene rings is 3. The van der Waals surface area contributed by atoms with Crippen LogP contribution in [0.4, 0.5) is 8.78 Å². The zero-order valence-electron chi connectivity index (χ0n) is 18.4. The second-order valence-corrected chi connectivity index (χ2v) is 8.19. The molecule has 0 saturated carbocycles. The van der Waals surface area contributed by atoms with E-state index in [1.165, 1.54) is 24.3 Å². The molecule has 1 amide bonds. The predicted octanol–water partition coefficient (Wildman–Crippen LogP) is 5.37. The Hall–Kier alpha value is -3.54. The molecule has 0 bridgehead atoms. The number of piperidine rings is 1. The smallest absolute Gasteiger partial charge is 0.316 e. The van der Waals surface area contributed by atoms with E-state index >= 15 is 0 Å². The summed E-state index contributed by atoms with van der Waals surface area (Å²) in [4.78, 5) is 27.7. The third-order valence-electron chi connectivity index (χ3n) is 6.28. The molecule has 0 spiro atoms. The molecule has 0 atom stereocenters. The number of likely N-dealkylation sites (tertiary alicyclic amines) is 1. The number of hydrogen-bond donors (Lipinski definition) is 0. The molecule has 170 valence electrons. The van der Waals surface area contributed by atoms with Gasteiger partial charge in [-0.25, -0.2) is 8.78 Å². The van der Waals surface area contributed by atoms with Crippen molar-refractivity contribution >= 4 is 11.9 Å². The van der Waals surface area contributed by atoms with Gasteiger partial charge in [-0.2, -0.15) is 0 Å². The van der Waals surface area contributed by atoms with Gasteiger partial charge in [0.1, 0.15) is 11.6 Å². The number of amides is 1. The number of esters is 1. The molecule has 1 aliphatic rings. The second kappa shape index (κ2) is 9.53. The molecule has 3 aromatic carbocycles. The molecule has 0 N–H and O–H groups in total. The summed E-state index contributed by atoms with van der Waals surface area (Å²) < 4.78 is 32.0. The zero-order chi connectivity index (χ0) is 23.4. The van der Waals surface area contributed by atoms with Gasteiger partial charge in [0.15, 0.2) is 0 Å². The van der Waals surface area contributed by atoms with Crippen molar-refractivity contribution in [3.05, 3.63) is 95.6 Å². The van der Waals surface area contributed by atoms with Crippen molar-refractivity contribution in [3.63, 3.8) is 0 Å². The van der Waals surface area contributed by atoms with Gasteiger partial charge in [0.25, 0.3) is 5.91 Å². The van der Waals surface area contributed by atoms with Gasteiger partial charge in [-0.15, -0.1) is 0 Å². The van der Waals surface area contributed by atoms with Crippen LogP contribution in [-0.4, -0.2) is 36.5 Å². The SMILES string of the molecule is CCOC(=O)C1(c2ccc(F)cc2)CCN(C(=O)c2ccc(-c3ccc(F)cc3)cc2)CC1. The molecule has 0 aromatic heterocycles. The lowest BCUT2D eigenvalue weighted by molar-refractivity contribution is -0.152. The van der Waals surface area contributed by atoms with Crippen molar-refractivity contribution in [2.24, 2.45) is 0 Å². The lowest BCUT2D eigenvalue weighted by atomic mass is 9.72. The third kappa shape index (κ3) is 4.65. The number of halogens is 2. The van der Waals surface area contributed by atoms with Crippen molar-refractivity contribution in [2.45, 2.75) is 25.2 Å². The van der Waals surface area contributed by atoms with Crippen LogP contribution in [0.15, 0.2) is 72.8 Å². The van der Waals surface area contributed by atoms with Crippen LogP contribution in [0.3, 0.4) is 0 Å². The van der Waals surface area contributed by atoms with Crippen LogP contribution in [0.25, 0.3) is 11.1 Å². The maximum absolute atomic E-state index is 13.5. The average molecular weight is 449 g/mol. The fourth-order valence-electron chi connectivity index (χ4n) is 4.37. The molecule has 0 aliphatic carbocycles. The number of carbonyl (C=O) groups excluding carboxylic acids is 2. The first-order valence-corrected chi connectivity index (χ1v) is 11.0. The van der Waals surface area contributed by atoms with E-state index in [9.17, 15) is 18.4 Å². The van der Waals surface area contributed by atoms with Crippen molar-refractivity contribution < 1.29 is 23.1 Å². The summed E-state index contributed by atoms with van der Waals surface area (Å²) in [6.45, 7) is 2.78. The van der Waals surface area contributed by atoms with Crippen molar-refractivity contribution in [1.82, 2.24) is 4.90 Å². The summed E-state index contributed by atoms with van der Waals surface area (Å²) in [7, 11) is 0. The Balaban J connectivity index is 1.49. The molecule has 1 fully saturated rings. The van der Waals surface area contributed by atoms with Gasteiger partial charge >= 0.3 is 5.97 Å². The predicted molar refractivity (Wildman–Crippen MR) is 122 cm³/mol. The Morgan fingerprint density at radius 1 is 0.818 bits per heavy atom. The number of nitrogens with zero attached hydrogens (tertiary/aromatic N) is 1. The van der Waals surface area contributed by atoms with E-state index in [0.29, 0.717) is 37.1 Å².